The van der Waals surface area contributed by atoms with Gasteiger partial charge < -0.3 is 14.0 Å². The minimum atomic E-state index is -0.371. The number of ether oxygens (including phenoxy) is 1. The summed E-state index contributed by atoms with van der Waals surface area (Å²) in [5.74, 6) is -0.326. The largest absolute Gasteiger partial charge is 0.505 e. The molecule has 2 heterocycles. The van der Waals surface area contributed by atoms with Crippen LogP contribution in [-0.2, 0) is 14.0 Å². The molecule has 2 aromatic rings. The Kier molecular flexibility index (Phi) is 3.59. The van der Waals surface area contributed by atoms with Gasteiger partial charge in [-0.05, 0) is 51.3 Å². The first-order chi connectivity index (χ1) is 10.2. The molecule has 0 radical (unpaired) electrons. The van der Waals surface area contributed by atoms with Gasteiger partial charge in [-0.3, -0.25) is 0 Å². The molecule has 0 amide bonds. The van der Waals surface area contributed by atoms with Gasteiger partial charge in [-0.2, -0.15) is 0 Å². The van der Waals surface area contributed by atoms with Gasteiger partial charge in [-0.15, -0.1) is 11.3 Å². The lowest BCUT2D eigenvalue weighted by Crippen LogP contribution is -2.41. The molecule has 4 nitrogen and oxygen atoms in total. The first kappa shape index (κ1) is 15.5. The van der Waals surface area contributed by atoms with Gasteiger partial charge in [0.2, 0.25) is 0 Å². The summed E-state index contributed by atoms with van der Waals surface area (Å²) in [5, 5.41) is 1.07. The predicted octanol–water partition coefficient (Wildman–Crippen LogP) is 2.99. The molecule has 1 fully saturated rings. The molecule has 3 rings (SSSR count). The maximum Gasteiger partial charge on any atom is 0.505 e. The third kappa shape index (κ3) is 2.45. The molecule has 0 aliphatic carbocycles. The number of thiophene rings is 1. The number of carbonyl (C=O) groups is 1. The summed E-state index contributed by atoms with van der Waals surface area (Å²) >= 11 is 1.58. The fourth-order valence-corrected chi connectivity index (χ4v) is 3.43. The van der Waals surface area contributed by atoms with Crippen molar-refractivity contribution in [3.05, 3.63) is 29.8 Å². The van der Waals surface area contributed by atoms with Gasteiger partial charge in [0.15, 0.2) is 0 Å². The van der Waals surface area contributed by atoms with E-state index in [2.05, 4.69) is 6.07 Å². The zero-order valence-corrected chi connectivity index (χ0v) is 14.2. The lowest BCUT2D eigenvalue weighted by Gasteiger charge is -2.32. The van der Waals surface area contributed by atoms with Crippen LogP contribution in [0.25, 0.3) is 10.1 Å². The lowest BCUT2D eigenvalue weighted by atomic mass is 9.87. The number of esters is 1. The van der Waals surface area contributed by atoms with Crippen LogP contribution < -0.4 is 4.78 Å². The van der Waals surface area contributed by atoms with Crippen LogP contribution in [0.5, 0.6) is 0 Å². The summed E-state index contributed by atoms with van der Waals surface area (Å²) < 4.78 is 18.9. The third-order valence-electron chi connectivity index (χ3n) is 4.45. The molecule has 1 aliphatic rings. The molecule has 1 aliphatic heterocycles. The molecule has 0 N–H and O–H groups in total. The smallest absolute Gasteiger partial charge is 0.465 e. The van der Waals surface area contributed by atoms with Crippen molar-refractivity contribution in [2.45, 2.75) is 38.9 Å². The molecule has 1 aromatic heterocycles. The molecule has 22 heavy (non-hydrogen) atoms. The van der Waals surface area contributed by atoms with Gasteiger partial charge in [-0.25, -0.2) is 4.79 Å². The van der Waals surface area contributed by atoms with Crippen molar-refractivity contribution >= 4 is 39.3 Å². The number of rotatable bonds is 2. The van der Waals surface area contributed by atoms with E-state index in [9.17, 15) is 4.79 Å². The van der Waals surface area contributed by atoms with Crippen LogP contribution in [0.1, 0.15) is 38.1 Å². The van der Waals surface area contributed by atoms with E-state index in [1.54, 1.807) is 17.4 Å². The second-order valence-electron chi connectivity index (χ2n) is 6.48. The Hall–Kier alpha value is -1.37. The molecule has 0 bridgehead atoms. The second-order valence-corrected chi connectivity index (χ2v) is 7.60. The van der Waals surface area contributed by atoms with Crippen molar-refractivity contribution in [2.24, 2.45) is 0 Å². The highest BCUT2D eigenvalue weighted by Crippen LogP contribution is 2.37. The lowest BCUT2D eigenvalue weighted by molar-refractivity contribution is 0.00578. The molecule has 1 saturated heterocycles. The van der Waals surface area contributed by atoms with Crippen molar-refractivity contribution in [3.63, 3.8) is 0 Å². The summed E-state index contributed by atoms with van der Waals surface area (Å²) in [6.07, 6.45) is 0. The van der Waals surface area contributed by atoms with E-state index in [-0.39, 0.29) is 24.3 Å². The summed E-state index contributed by atoms with van der Waals surface area (Å²) in [5.41, 5.74) is -0.159. The van der Waals surface area contributed by atoms with E-state index in [4.69, 9.17) is 14.0 Å². The average Bonchev–Trinajstić information content (AvgIpc) is 2.96. The maximum absolute atomic E-state index is 11.6. The molecule has 1 aromatic carbocycles. The summed E-state index contributed by atoms with van der Waals surface area (Å²) in [6.45, 7) is 8.15. The normalized spacial score (nSPS) is 19.6. The second kappa shape index (κ2) is 5.08. The molecule has 0 unspecified atom stereocenters. The SMILES string of the molecule is COC(=O)c1ccc2cc(B3OC(C)(C)C(C)(C)O3)sc2c1. The predicted molar refractivity (Wildman–Crippen MR) is 88.9 cm³/mol. The Bertz CT molecular complexity index is 719. The standard InChI is InChI=1S/C16H19BO4S/c1-15(2)16(3,4)21-17(20-15)13-9-10-6-7-11(14(18)19-5)8-12(10)22-13/h6-9H,1-5H3. The van der Waals surface area contributed by atoms with Crippen molar-refractivity contribution in [1.82, 2.24) is 0 Å². The maximum atomic E-state index is 11.6. The van der Waals surface area contributed by atoms with Gasteiger partial charge in [0.05, 0.1) is 23.9 Å². The first-order valence-corrected chi connectivity index (χ1v) is 8.02. The fraction of sp³-hybridized carbons (Fsp3) is 0.438. The van der Waals surface area contributed by atoms with Gasteiger partial charge in [-0.1, -0.05) is 6.07 Å². The average molecular weight is 318 g/mol. The van der Waals surface area contributed by atoms with Crippen LogP contribution in [0, 0.1) is 0 Å². The summed E-state index contributed by atoms with van der Waals surface area (Å²) in [6, 6.07) is 7.60. The van der Waals surface area contributed by atoms with E-state index in [0.29, 0.717) is 5.56 Å². The molecule has 0 atom stereocenters. The monoisotopic (exact) mass is 318 g/mol. The number of fused-ring (bicyclic) bond motifs is 1. The molecule has 6 heteroatoms. The first-order valence-electron chi connectivity index (χ1n) is 7.21. The Morgan fingerprint density at radius 2 is 1.77 bits per heavy atom. The van der Waals surface area contributed by atoms with Gasteiger partial charge in [0.1, 0.15) is 0 Å². The van der Waals surface area contributed by atoms with E-state index in [0.717, 1.165) is 14.9 Å². The van der Waals surface area contributed by atoms with E-state index < -0.39 is 0 Å². The fourth-order valence-electron chi connectivity index (χ4n) is 2.37. The van der Waals surface area contributed by atoms with E-state index in [1.165, 1.54) is 7.11 Å². The highest BCUT2D eigenvalue weighted by atomic mass is 32.1. The van der Waals surface area contributed by atoms with E-state index >= 15 is 0 Å². The quantitative estimate of drug-likeness (QED) is 0.631. The molecule has 116 valence electrons. The zero-order chi connectivity index (χ0) is 16.1. The van der Waals surface area contributed by atoms with Crippen LogP contribution in [0.4, 0.5) is 0 Å². The molecular formula is C16H19BO4S. The highest BCUT2D eigenvalue weighted by Gasteiger charge is 2.52. The minimum absolute atomic E-state index is 0.326. The van der Waals surface area contributed by atoms with Crippen LogP contribution in [0.2, 0.25) is 0 Å². The molecule has 0 saturated carbocycles. The van der Waals surface area contributed by atoms with Gasteiger partial charge in [0.25, 0.3) is 0 Å². The van der Waals surface area contributed by atoms with Gasteiger partial charge >= 0.3 is 13.1 Å². The Balaban J connectivity index is 1.95. The van der Waals surface area contributed by atoms with E-state index in [1.807, 2.05) is 39.8 Å². The Labute approximate surface area is 134 Å². The highest BCUT2D eigenvalue weighted by molar-refractivity contribution is 7.28. The molecule has 0 spiro atoms. The Morgan fingerprint density at radius 3 is 2.36 bits per heavy atom. The number of hydrogen-bond acceptors (Lipinski definition) is 5. The van der Waals surface area contributed by atoms with Crippen molar-refractivity contribution < 1.29 is 18.8 Å². The van der Waals surface area contributed by atoms with Crippen LogP contribution in [-0.4, -0.2) is 31.4 Å². The minimum Gasteiger partial charge on any atom is -0.465 e. The van der Waals surface area contributed by atoms with Gasteiger partial charge in [0, 0.05) is 9.48 Å². The zero-order valence-electron chi connectivity index (χ0n) is 13.4. The van der Waals surface area contributed by atoms with Crippen molar-refractivity contribution in [3.8, 4) is 0 Å². The number of benzene rings is 1. The third-order valence-corrected chi connectivity index (χ3v) is 5.57. The van der Waals surface area contributed by atoms with Crippen LogP contribution in [0.3, 0.4) is 0 Å². The van der Waals surface area contributed by atoms with Crippen molar-refractivity contribution in [2.75, 3.05) is 7.11 Å². The molecular weight excluding hydrogens is 299 g/mol. The van der Waals surface area contributed by atoms with Crippen LogP contribution in [0.15, 0.2) is 24.3 Å². The topological polar surface area (TPSA) is 44.8 Å². The summed E-state index contributed by atoms with van der Waals surface area (Å²) in [4.78, 5) is 11.6. The van der Waals surface area contributed by atoms with Crippen LogP contribution >= 0.6 is 11.3 Å². The number of hydrogen-bond donors (Lipinski definition) is 0. The van der Waals surface area contributed by atoms with Crippen molar-refractivity contribution in [1.29, 1.82) is 0 Å². The summed E-state index contributed by atoms with van der Waals surface area (Å²) in [7, 11) is 1.01. The number of methoxy groups -OCH3 is 1. The Morgan fingerprint density at radius 1 is 1.14 bits per heavy atom. The number of carbonyl (C=O) groups excluding carboxylic acids is 1.